The van der Waals surface area contributed by atoms with Crippen LogP contribution in [0.15, 0.2) is 84.2 Å². The molecule has 4 nitrogen and oxygen atoms in total. The Morgan fingerprint density at radius 2 is 0.938 bits per heavy atom. The van der Waals surface area contributed by atoms with Crippen LogP contribution in [0.1, 0.15) is 44.5 Å². The minimum Gasteiger partial charge on any atom is -0.226 e. The monoisotopic (exact) mass is 644 g/mol. The second-order valence-electron chi connectivity index (χ2n) is 11.3. The summed E-state index contributed by atoms with van der Waals surface area (Å²) >= 11 is 0. The fourth-order valence-electron chi connectivity index (χ4n) is 6.53. The van der Waals surface area contributed by atoms with Crippen LogP contribution in [0.25, 0.3) is 54.2 Å². The maximum Gasteiger partial charge on any atom is 0.416 e. The molecular formula is C38H18F6N4. The maximum absolute atomic E-state index is 13.9. The lowest BCUT2D eigenvalue weighted by Crippen LogP contribution is -2.06. The van der Waals surface area contributed by atoms with Crippen molar-refractivity contribution in [1.29, 1.82) is 10.5 Å². The number of aryl methyl sites for hydroxylation is 2. The topological polar surface area (TPSA) is 56.3 Å². The molecule has 0 radical (unpaired) electrons. The number of alkyl halides is 6. The predicted octanol–water partition coefficient (Wildman–Crippen LogP) is 10.9. The molecular weight excluding hydrogens is 626 g/mol. The van der Waals surface area contributed by atoms with Gasteiger partial charge in [0, 0.05) is 11.1 Å². The average molecular weight is 645 g/mol. The molecule has 2 aliphatic rings. The summed E-state index contributed by atoms with van der Waals surface area (Å²) in [5, 5.41) is 20.3. The summed E-state index contributed by atoms with van der Waals surface area (Å²) in [6, 6.07) is 20.4. The van der Waals surface area contributed by atoms with E-state index in [1.807, 2.05) is 12.1 Å². The van der Waals surface area contributed by atoms with Crippen molar-refractivity contribution in [3.05, 3.63) is 152 Å². The molecule has 0 heterocycles. The third-order valence-corrected chi connectivity index (χ3v) is 8.26. The van der Waals surface area contributed by atoms with Crippen LogP contribution < -0.4 is 0 Å². The molecule has 48 heavy (non-hydrogen) atoms. The highest BCUT2D eigenvalue weighted by atomic mass is 19.4. The minimum absolute atomic E-state index is 0.0963. The first-order valence-corrected chi connectivity index (χ1v) is 14.2. The van der Waals surface area contributed by atoms with Crippen LogP contribution in [0.3, 0.4) is 0 Å². The zero-order valence-electron chi connectivity index (χ0n) is 25.0. The Bertz CT molecular complexity index is 2180. The van der Waals surface area contributed by atoms with Gasteiger partial charge in [0.1, 0.15) is 0 Å². The third kappa shape index (κ3) is 4.92. The summed E-state index contributed by atoms with van der Waals surface area (Å²) < 4.78 is 83.3. The van der Waals surface area contributed by atoms with Crippen molar-refractivity contribution >= 4 is 22.3 Å². The van der Waals surface area contributed by atoms with Gasteiger partial charge in [0.05, 0.1) is 36.4 Å². The molecule has 10 heteroatoms. The summed E-state index contributed by atoms with van der Waals surface area (Å²) in [4.78, 5) is 6.92. The quantitative estimate of drug-likeness (QED) is 0.124. The molecule has 4 aromatic carbocycles. The van der Waals surface area contributed by atoms with Gasteiger partial charge in [-0.05, 0) is 105 Å². The summed E-state index contributed by atoms with van der Waals surface area (Å²) in [5.41, 5.74) is 1.05. The third-order valence-electron chi connectivity index (χ3n) is 8.26. The number of nitrogens with zero attached hydrogens (tertiary/aromatic N) is 4. The fourth-order valence-corrected chi connectivity index (χ4v) is 6.53. The van der Waals surface area contributed by atoms with E-state index in [2.05, 4.69) is 9.69 Å². The molecule has 0 bridgehead atoms. The average Bonchev–Trinajstić information content (AvgIpc) is 3.54. The zero-order valence-corrected chi connectivity index (χ0v) is 25.0. The van der Waals surface area contributed by atoms with E-state index in [0.29, 0.717) is 33.4 Å². The summed E-state index contributed by atoms with van der Waals surface area (Å²) in [7, 11) is 0. The SMILES string of the molecule is [C-]#[N+]/C(C#N)=C1C2=C(/C(=C(\C#N)[N+]#[C-])c3c2cccc3-c2cc(C)cc(C(F)(F)F)c2)c2cccc(-c3cc(C)cc(C(F)(F)F)c3)c2\1. The van der Waals surface area contributed by atoms with E-state index >= 15 is 0 Å². The summed E-state index contributed by atoms with van der Waals surface area (Å²) in [6.45, 7) is 18.8. The first kappa shape index (κ1) is 31.6. The largest absolute Gasteiger partial charge is 0.416 e. The summed E-state index contributed by atoms with van der Waals surface area (Å²) in [5.74, 6) is 0. The molecule has 0 aliphatic heterocycles. The van der Waals surface area contributed by atoms with Crippen molar-refractivity contribution in [2.24, 2.45) is 0 Å². The van der Waals surface area contributed by atoms with Crippen LogP contribution in [0.2, 0.25) is 0 Å². The van der Waals surface area contributed by atoms with Gasteiger partial charge in [0.2, 0.25) is 0 Å². The van der Waals surface area contributed by atoms with Crippen LogP contribution in [0.5, 0.6) is 0 Å². The smallest absolute Gasteiger partial charge is 0.226 e. The molecule has 0 fully saturated rings. The number of hydrogen-bond acceptors (Lipinski definition) is 2. The Morgan fingerprint density at radius 3 is 1.25 bits per heavy atom. The lowest BCUT2D eigenvalue weighted by atomic mass is 9.84. The Morgan fingerprint density at radius 1 is 0.583 bits per heavy atom. The highest BCUT2D eigenvalue weighted by Crippen LogP contribution is 2.62. The lowest BCUT2D eigenvalue weighted by Gasteiger charge is -2.20. The molecule has 4 aromatic rings. The summed E-state index contributed by atoms with van der Waals surface area (Å²) in [6.07, 6.45) is -9.31. The van der Waals surface area contributed by atoms with E-state index in [1.165, 1.54) is 13.8 Å². The van der Waals surface area contributed by atoms with Crippen molar-refractivity contribution in [3.63, 3.8) is 0 Å². The Hall–Kier alpha value is -6.36. The van der Waals surface area contributed by atoms with Gasteiger partial charge in [0.15, 0.2) is 0 Å². The Balaban J connectivity index is 1.73. The molecule has 6 rings (SSSR count). The van der Waals surface area contributed by atoms with Crippen LogP contribution in [-0.4, -0.2) is 0 Å². The van der Waals surface area contributed by atoms with Gasteiger partial charge in [-0.25, -0.2) is 20.2 Å². The van der Waals surface area contributed by atoms with Gasteiger partial charge in [-0.3, -0.25) is 0 Å². The number of fused-ring (bicyclic) bond motifs is 4. The molecule has 0 atom stereocenters. The molecule has 232 valence electrons. The second-order valence-corrected chi connectivity index (χ2v) is 11.3. The Labute approximate surface area is 271 Å². The van der Waals surface area contributed by atoms with Gasteiger partial charge >= 0.3 is 12.4 Å². The van der Waals surface area contributed by atoms with Crippen molar-refractivity contribution in [3.8, 4) is 34.4 Å². The van der Waals surface area contributed by atoms with Crippen LogP contribution in [0, 0.1) is 49.7 Å². The standard InChI is InChI=1S/C38H18F6N4/c1-19-11-21(15-23(13-19)37(39,40)41)25-7-5-9-27-31(25)35(29(17-45)47-3)34-28-10-6-8-26(32(28)36(33(27)34)30(18-46)48-4)22-12-20(2)14-24(16-22)38(42,43)44/h5-16H,1-2H3/b35-29-,36-30+. The van der Waals surface area contributed by atoms with Crippen molar-refractivity contribution in [2.75, 3.05) is 0 Å². The molecule has 0 aromatic heterocycles. The number of rotatable bonds is 2. The molecule has 0 N–H and O–H groups in total. The predicted molar refractivity (Wildman–Crippen MR) is 168 cm³/mol. The molecule has 2 aliphatic carbocycles. The minimum atomic E-state index is -4.66. The van der Waals surface area contributed by atoms with E-state index in [9.17, 15) is 36.9 Å². The van der Waals surface area contributed by atoms with E-state index in [0.717, 1.165) is 24.3 Å². The van der Waals surface area contributed by atoms with Crippen molar-refractivity contribution in [2.45, 2.75) is 26.2 Å². The first-order chi connectivity index (χ1) is 22.7. The van der Waals surface area contributed by atoms with E-state index in [4.69, 9.17) is 13.1 Å². The van der Waals surface area contributed by atoms with Crippen LogP contribution in [0.4, 0.5) is 26.3 Å². The number of benzene rings is 4. The number of nitriles is 2. The van der Waals surface area contributed by atoms with Crippen LogP contribution >= 0.6 is 0 Å². The molecule has 0 unspecified atom stereocenters. The number of allylic oxidation sites excluding steroid dienone is 6. The van der Waals surface area contributed by atoms with Gasteiger partial charge in [-0.2, -0.15) is 26.3 Å². The molecule has 0 saturated heterocycles. The normalized spacial score (nSPS) is 15.4. The second kappa shape index (κ2) is 11.2. The molecule has 0 saturated carbocycles. The molecule has 0 spiro atoms. The Kier molecular flexibility index (Phi) is 7.35. The van der Waals surface area contributed by atoms with Crippen molar-refractivity contribution in [1.82, 2.24) is 0 Å². The highest BCUT2D eigenvalue weighted by molar-refractivity contribution is 6.39. The maximum atomic E-state index is 13.9. The van der Waals surface area contributed by atoms with E-state index < -0.39 is 23.5 Å². The molecule has 0 amide bonds. The first-order valence-electron chi connectivity index (χ1n) is 14.2. The van der Waals surface area contributed by atoms with Gasteiger partial charge < -0.3 is 0 Å². The van der Waals surface area contributed by atoms with Gasteiger partial charge in [-0.1, -0.05) is 48.5 Å². The van der Waals surface area contributed by atoms with Crippen molar-refractivity contribution < 1.29 is 26.3 Å². The fraction of sp³-hybridized carbons (Fsp3) is 0.105. The highest BCUT2D eigenvalue weighted by Gasteiger charge is 2.42. The van der Waals surface area contributed by atoms with E-state index in [1.54, 1.807) is 48.5 Å². The zero-order chi connectivity index (χ0) is 34.7. The van der Waals surface area contributed by atoms with Gasteiger partial charge in [0.25, 0.3) is 11.4 Å². The van der Waals surface area contributed by atoms with Crippen LogP contribution in [-0.2, 0) is 12.4 Å². The lowest BCUT2D eigenvalue weighted by molar-refractivity contribution is -0.138. The number of halogens is 6. The van der Waals surface area contributed by atoms with E-state index in [-0.39, 0.29) is 55.9 Å². The van der Waals surface area contributed by atoms with Gasteiger partial charge in [-0.15, -0.1) is 0 Å². The number of hydrogen-bond donors (Lipinski definition) is 0.